The van der Waals surface area contributed by atoms with E-state index < -0.39 is 10.0 Å². The molecular weight excluding hydrogens is 514 g/mol. The number of amides is 1. The molecule has 39 heavy (non-hydrogen) atoms. The van der Waals surface area contributed by atoms with Crippen molar-refractivity contribution < 1.29 is 22.7 Å². The molecule has 0 unspecified atom stereocenters. The van der Waals surface area contributed by atoms with Gasteiger partial charge in [-0.15, -0.1) is 0 Å². The molecule has 1 N–H and O–H groups in total. The molecule has 0 radical (unpaired) electrons. The maximum absolute atomic E-state index is 13.5. The van der Waals surface area contributed by atoms with Gasteiger partial charge in [0.2, 0.25) is 0 Å². The van der Waals surface area contributed by atoms with Crippen molar-refractivity contribution in [2.24, 2.45) is 0 Å². The van der Waals surface area contributed by atoms with Gasteiger partial charge in [0, 0.05) is 43.5 Å². The fraction of sp³-hybridized carbons (Fsp3) is 0.367. The maximum atomic E-state index is 13.5. The highest BCUT2D eigenvalue weighted by molar-refractivity contribution is 7.92. The van der Waals surface area contributed by atoms with E-state index in [-0.39, 0.29) is 10.8 Å². The van der Waals surface area contributed by atoms with E-state index in [9.17, 15) is 13.2 Å². The zero-order valence-corrected chi connectivity index (χ0v) is 23.9. The summed E-state index contributed by atoms with van der Waals surface area (Å²) in [7, 11) is -0.620. The van der Waals surface area contributed by atoms with Crippen molar-refractivity contribution in [3.8, 4) is 11.5 Å². The smallest absolute Gasteiger partial charge is 0.261 e. The Hall–Kier alpha value is -3.72. The van der Waals surface area contributed by atoms with Crippen LogP contribution in [0.5, 0.6) is 11.5 Å². The number of carbonyl (C=O) groups is 1. The molecule has 0 atom stereocenters. The predicted molar refractivity (Wildman–Crippen MR) is 155 cm³/mol. The molecule has 9 heteroatoms. The van der Waals surface area contributed by atoms with Crippen LogP contribution in [0.4, 0.5) is 11.4 Å². The molecule has 1 aliphatic heterocycles. The van der Waals surface area contributed by atoms with Gasteiger partial charge in [0.25, 0.3) is 15.9 Å². The second-order valence-electron chi connectivity index (χ2n) is 9.70. The number of benzene rings is 3. The molecule has 1 heterocycles. The van der Waals surface area contributed by atoms with E-state index in [1.807, 2.05) is 37.3 Å². The van der Waals surface area contributed by atoms with Crippen LogP contribution >= 0.6 is 0 Å². The van der Waals surface area contributed by atoms with Gasteiger partial charge in [-0.3, -0.25) is 9.52 Å². The molecule has 1 amide bonds. The second-order valence-corrected chi connectivity index (χ2v) is 11.4. The van der Waals surface area contributed by atoms with Crippen LogP contribution in [0, 0.1) is 6.92 Å². The summed E-state index contributed by atoms with van der Waals surface area (Å²) in [4.78, 5) is 17.5. The Kier molecular flexibility index (Phi) is 9.01. The van der Waals surface area contributed by atoms with Gasteiger partial charge in [-0.05, 0) is 67.3 Å². The highest BCUT2D eigenvalue weighted by atomic mass is 32.2. The minimum Gasteiger partial charge on any atom is -0.497 e. The van der Waals surface area contributed by atoms with Crippen LogP contribution in [-0.2, 0) is 16.4 Å². The number of aryl methyl sites for hydroxylation is 2. The maximum Gasteiger partial charge on any atom is 0.261 e. The molecule has 0 aromatic heterocycles. The number of piperazine rings is 1. The van der Waals surface area contributed by atoms with Crippen LogP contribution < -0.4 is 19.1 Å². The molecule has 1 fully saturated rings. The Morgan fingerprint density at radius 2 is 1.64 bits per heavy atom. The third-order valence-electron chi connectivity index (χ3n) is 7.07. The van der Waals surface area contributed by atoms with E-state index in [0.717, 1.165) is 30.5 Å². The first kappa shape index (κ1) is 28.3. The molecule has 3 aromatic rings. The molecule has 1 saturated heterocycles. The number of ether oxygens (including phenoxy) is 2. The highest BCUT2D eigenvalue weighted by Crippen LogP contribution is 2.33. The number of methoxy groups -OCH3 is 2. The first-order chi connectivity index (χ1) is 18.7. The number of unbranched alkanes of at least 4 members (excludes halogenated alkanes) is 1. The van der Waals surface area contributed by atoms with Crippen LogP contribution in [0.1, 0.15) is 41.3 Å². The van der Waals surface area contributed by atoms with Crippen LogP contribution in [0.2, 0.25) is 0 Å². The van der Waals surface area contributed by atoms with Crippen molar-refractivity contribution in [3.05, 3.63) is 77.4 Å². The first-order valence-corrected chi connectivity index (χ1v) is 14.7. The molecular formula is C30H37N3O5S. The average Bonchev–Trinajstić information content (AvgIpc) is 2.96. The minimum atomic E-state index is -3.86. The van der Waals surface area contributed by atoms with Gasteiger partial charge in [-0.25, -0.2) is 8.42 Å². The lowest BCUT2D eigenvalue weighted by Crippen LogP contribution is -2.49. The summed E-state index contributed by atoms with van der Waals surface area (Å²) in [5.41, 5.74) is 3.74. The van der Waals surface area contributed by atoms with Gasteiger partial charge in [0.05, 0.1) is 24.8 Å². The summed E-state index contributed by atoms with van der Waals surface area (Å²) in [6.07, 6.45) is 3.17. The molecule has 0 saturated carbocycles. The standard InChI is InChI=1S/C30H37N3O5S/c1-5-6-7-23-9-11-24(12-10-23)31-39(35,36)26-14-8-22(2)27(21-26)30(34)33-18-16-32(17-19-33)28-15-13-25(37-3)20-29(28)38-4/h8-15,20-21,31H,5-7,16-19H2,1-4H3. The SMILES string of the molecule is CCCCc1ccc(NS(=O)(=O)c2ccc(C)c(C(=O)N3CCN(c4ccc(OC)cc4OC)CC3)c2)cc1. The first-order valence-electron chi connectivity index (χ1n) is 13.2. The second kappa shape index (κ2) is 12.4. The number of sulfonamides is 1. The van der Waals surface area contributed by atoms with Gasteiger partial charge in [-0.1, -0.05) is 31.5 Å². The summed E-state index contributed by atoms with van der Waals surface area (Å²) in [6, 6.07) is 17.8. The number of hydrogen-bond acceptors (Lipinski definition) is 6. The Morgan fingerprint density at radius 3 is 2.28 bits per heavy atom. The predicted octanol–water partition coefficient (Wildman–Crippen LogP) is 5.12. The van der Waals surface area contributed by atoms with E-state index in [0.29, 0.717) is 48.9 Å². The van der Waals surface area contributed by atoms with Gasteiger partial charge < -0.3 is 19.3 Å². The lowest BCUT2D eigenvalue weighted by molar-refractivity contribution is 0.0745. The van der Waals surface area contributed by atoms with Crippen LogP contribution in [0.3, 0.4) is 0 Å². The topological polar surface area (TPSA) is 88.2 Å². The minimum absolute atomic E-state index is 0.0631. The third-order valence-corrected chi connectivity index (χ3v) is 8.45. The zero-order chi connectivity index (χ0) is 28.0. The summed E-state index contributed by atoms with van der Waals surface area (Å²) < 4.78 is 39.8. The molecule has 8 nitrogen and oxygen atoms in total. The van der Waals surface area contributed by atoms with Gasteiger partial charge in [0.1, 0.15) is 11.5 Å². The molecule has 4 rings (SSSR count). The number of nitrogens with zero attached hydrogens (tertiary/aromatic N) is 2. The summed E-state index contributed by atoms with van der Waals surface area (Å²) in [5.74, 6) is 1.25. The summed E-state index contributed by atoms with van der Waals surface area (Å²) in [5, 5.41) is 0. The number of carbonyl (C=O) groups excluding carboxylic acids is 1. The van der Waals surface area contributed by atoms with Gasteiger partial charge in [-0.2, -0.15) is 0 Å². The third kappa shape index (κ3) is 6.65. The Morgan fingerprint density at radius 1 is 0.923 bits per heavy atom. The Labute approximate surface area is 231 Å². The van der Waals surface area contributed by atoms with E-state index >= 15 is 0 Å². The number of rotatable bonds is 10. The van der Waals surface area contributed by atoms with Crippen LogP contribution in [0.15, 0.2) is 65.6 Å². The Bertz CT molecular complexity index is 1400. The number of hydrogen-bond donors (Lipinski definition) is 1. The van der Waals surface area contributed by atoms with Gasteiger partial charge in [0.15, 0.2) is 0 Å². The molecule has 3 aromatic carbocycles. The van der Waals surface area contributed by atoms with Crippen molar-refractivity contribution >= 4 is 27.3 Å². The number of anilines is 2. The average molecular weight is 552 g/mol. The van der Waals surface area contributed by atoms with Crippen molar-refractivity contribution in [2.45, 2.75) is 38.0 Å². The molecule has 1 aliphatic rings. The summed E-state index contributed by atoms with van der Waals surface area (Å²) >= 11 is 0. The summed E-state index contributed by atoms with van der Waals surface area (Å²) in [6.45, 7) is 6.23. The van der Waals surface area contributed by atoms with Crippen molar-refractivity contribution in [3.63, 3.8) is 0 Å². The largest absolute Gasteiger partial charge is 0.497 e. The van der Waals surface area contributed by atoms with E-state index in [4.69, 9.17) is 9.47 Å². The molecule has 0 bridgehead atoms. The Balaban J connectivity index is 1.45. The normalized spacial score (nSPS) is 13.7. The number of nitrogens with one attached hydrogen (secondary N) is 1. The lowest BCUT2D eigenvalue weighted by atomic mass is 10.1. The van der Waals surface area contributed by atoms with Crippen molar-refractivity contribution in [2.75, 3.05) is 50.0 Å². The lowest BCUT2D eigenvalue weighted by Gasteiger charge is -2.37. The van der Waals surface area contributed by atoms with E-state index in [1.54, 1.807) is 37.3 Å². The molecule has 0 aliphatic carbocycles. The fourth-order valence-corrected chi connectivity index (χ4v) is 5.78. The van der Waals surface area contributed by atoms with E-state index in [1.165, 1.54) is 17.7 Å². The van der Waals surface area contributed by atoms with Crippen LogP contribution in [0.25, 0.3) is 0 Å². The van der Waals surface area contributed by atoms with Gasteiger partial charge >= 0.3 is 0 Å². The fourth-order valence-electron chi connectivity index (χ4n) is 4.70. The molecule has 0 spiro atoms. The quantitative estimate of drug-likeness (QED) is 0.376. The monoisotopic (exact) mass is 551 g/mol. The van der Waals surface area contributed by atoms with Crippen molar-refractivity contribution in [1.29, 1.82) is 0 Å². The van der Waals surface area contributed by atoms with Crippen molar-refractivity contribution in [1.82, 2.24) is 4.90 Å². The zero-order valence-electron chi connectivity index (χ0n) is 23.1. The van der Waals surface area contributed by atoms with E-state index in [2.05, 4.69) is 16.5 Å². The highest BCUT2D eigenvalue weighted by Gasteiger charge is 2.26. The van der Waals surface area contributed by atoms with Crippen LogP contribution in [-0.4, -0.2) is 59.6 Å². The molecule has 208 valence electrons.